The SMILES string of the molecule is COc1ccc(C(CCN(C)C)C(=O)O)cc1Cl. The Kier molecular flexibility index (Phi) is 5.44. The van der Waals surface area contributed by atoms with Gasteiger partial charge in [-0.05, 0) is 44.8 Å². The first-order chi connectivity index (χ1) is 8.45. The summed E-state index contributed by atoms with van der Waals surface area (Å²) in [4.78, 5) is 13.2. The molecule has 18 heavy (non-hydrogen) atoms. The smallest absolute Gasteiger partial charge is 0.311 e. The van der Waals surface area contributed by atoms with Crippen molar-refractivity contribution in [3.05, 3.63) is 28.8 Å². The van der Waals surface area contributed by atoms with E-state index in [4.69, 9.17) is 16.3 Å². The molecule has 0 saturated carbocycles. The van der Waals surface area contributed by atoms with Gasteiger partial charge in [-0.3, -0.25) is 4.79 Å². The van der Waals surface area contributed by atoms with Gasteiger partial charge in [0.1, 0.15) is 5.75 Å². The number of nitrogens with zero attached hydrogens (tertiary/aromatic N) is 1. The Morgan fingerprint density at radius 2 is 2.17 bits per heavy atom. The summed E-state index contributed by atoms with van der Waals surface area (Å²) >= 11 is 6.01. The van der Waals surface area contributed by atoms with Crippen LogP contribution in [0.15, 0.2) is 18.2 Å². The second kappa shape index (κ2) is 6.61. The van der Waals surface area contributed by atoms with Crippen molar-refractivity contribution in [3.63, 3.8) is 0 Å². The quantitative estimate of drug-likeness (QED) is 0.864. The number of benzene rings is 1. The molecular weight excluding hydrogens is 254 g/mol. The zero-order valence-electron chi connectivity index (χ0n) is 10.8. The lowest BCUT2D eigenvalue weighted by Crippen LogP contribution is -2.20. The molecule has 0 aliphatic rings. The Morgan fingerprint density at radius 1 is 1.50 bits per heavy atom. The lowest BCUT2D eigenvalue weighted by molar-refractivity contribution is -0.139. The van der Waals surface area contributed by atoms with Gasteiger partial charge >= 0.3 is 5.97 Å². The Bertz CT molecular complexity index is 421. The molecule has 0 heterocycles. The largest absolute Gasteiger partial charge is 0.495 e. The van der Waals surface area contributed by atoms with Crippen LogP contribution >= 0.6 is 11.6 Å². The Morgan fingerprint density at radius 3 is 2.61 bits per heavy atom. The lowest BCUT2D eigenvalue weighted by Gasteiger charge is -2.16. The highest BCUT2D eigenvalue weighted by molar-refractivity contribution is 6.32. The molecule has 0 amide bonds. The zero-order chi connectivity index (χ0) is 13.7. The first kappa shape index (κ1) is 14.8. The highest BCUT2D eigenvalue weighted by atomic mass is 35.5. The summed E-state index contributed by atoms with van der Waals surface area (Å²) in [5.74, 6) is -0.828. The summed E-state index contributed by atoms with van der Waals surface area (Å²) in [6, 6.07) is 5.11. The van der Waals surface area contributed by atoms with Crippen LogP contribution in [0.2, 0.25) is 5.02 Å². The van der Waals surface area contributed by atoms with Crippen LogP contribution in [0, 0.1) is 0 Å². The molecule has 0 bridgehead atoms. The summed E-state index contributed by atoms with van der Waals surface area (Å²) in [5.41, 5.74) is 0.704. The standard InChI is InChI=1S/C13H18ClNO3/c1-15(2)7-6-10(13(16)17)9-4-5-12(18-3)11(14)8-9/h4-5,8,10H,6-7H2,1-3H3,(H,16,17). The van der Waals surface area contributed by atoms with Gasteiger partial charge < -0.3 is 14.7 Å². The molecular formula is C13H18ClNO3. The second-order valence-corrected chi connectivity index (χ2v) is 4.78. The molecule has 0 aliphatic carbocycles. The number of carbonyl (C=O) groups is 1. The van der Waals surface area contributed by atoms with Crippen molar-refractivity contribution >= 4 is 17.6 Å². The number of hydrogen-bond acceptors (Lipinski definition) is 3. The number of halogens is 1. The van der Waals surface area contributed by atoms with E-state index in [2.05, 4.69) is 0 Å². The predicted octanol–water partition coefficient (Wildman–Crippen LogP) is 2.47. The van der Waals surface area contributed by atoms with Crippen LogP contribution in [0.1, 0.15) is 17.9 Å². The van der Waals surface area contributed by atoms with Crippen molar-refractivity contribution in [2.75, 3.05) is 27.7 Å². The topological polar surface area (TPSA) is 49.8 Å². The summed E-state index contributed by atoms with van der Waals surface area (Å²) in [7, 11) is 5.36. The molecule has 0 aromatic heterocycles. The molecule has 1 atom stereocenters. The van der Waals surface area contributed by atoms with Gasteiger partial charge in [0, 0.05) is 0 Å². The van der Waals surface area contributed by atoms with Crippen molar-refractivity contribution in [1.29, 1.82) is 0 Å². The fraction of sp³-hybridized carbons (Fsp3) is 0.462. The minimum atomic E-state index is -0.835. The molecule has 0 aliphatic heterocycles. The number of methoxy groups -OCH3 is 1. The molecule has 5 heteroatoms. The van der Waals surface area contributed by atoms with E-state index in [0.29, 0.717) is 29.3 Å². The maximum Gasteiger partial charge on any atom is 0.311 e. The first-order valence-corrected chi connectivity index (χ1v) is 6.04. The summed E-state index contributed by atoms with van der Waals surface area (Å²) in [6.45, 7) is 0.709. The number of rotatable bonds is 6. The monoisotopic (exact) mass is 271 g/mol. The third-order valence-corrected chi connectivity index (χ3v) is 3.04. The molecule has 0 fully saturated rings. The van der Waals surface area contributed by atoms with E-state index >= 15 is 0 Å². The van der Waals surface area contributed by atoms with Gasteiger partial charge in [0.2, 0.25) is 0 Å². The van der Waals surface area contributed by atoms with Crippen LogP contribution in [0.5, 0.6) is 5.75 Å². The zero-order valence-corrected chi connectivity index (χ0v) is 11.6. The third kappa shape index (κ3) is 3.89. The molecule has 1 unspecified atom stereocenters. The minimum absolute atomic E-state index is 0.436. The van der Waals surface area contributed by atoms with Gasteiger partial charge in [0.25, 0.3) is 0 Å². The maximum absolute atomic E-state index is 11.3. The van der Waals surface area contributed by atoms with Gasteiger partial charge in [0.05, 0.1) is 18.1 Å². The number of aliphatic carboxylic acids is 1. The molecule has 1 rings (SSSR count). The van der Waals surface area contributed by atoms with E-state index in [0.717, 1.165) is 0 Å². The molecule has 4 nitrogen and oxygen atoms in total. The molecule has 100 valence electrons. The normalized spacial score (nSPS) is 12.5. The summed E-state index contributed by atoms with van der Waals surface area (Å²) in [5, 5.41) is 9.70. The molecule has 1 aromatic carbocycles. The van der Waals surface area contributed by atoms with E-state index in [9.17, 15) is 9.90 Å². The van der Waals surface area contributed by atoms with Gasteiger partial charge in [-0.1, -0.05) is 17.7 Å². The fourth-order valence-electron chi connectivity index (χ4n) is 1.72. The molecule has 0 spiro atoms. The summed E-state index contributed by atoms with van der Waals surface area (Å²) < 4.78 is 5.05. The number of ether oxygens (including phenoxy) is 1. The minimum Gasteiger partial charge on any atom is -0.495 e. The Hall–Kier alpha value is -1.26. The van der Waals surface area contributed by atoms with Crippen molar-refractivity contribution < 1.29 is 14.6 Å². The van der Waals surface area contributed by atoms with Crippen molar-refractivity contribution in [2.24, 2.45) is 0 Å². The Labute approximate surface area is 112 Å². The van der Waals surface area contributed by atoms with E-state index in [1.807, 2.05) is 19.0 Å². The van der Waals surface area contributed by atoms with Crippen molar-refractivity contribution in [3.8, 4) is 5.75 Å². The lowest BCUT2D eigenvalue weighted by atomic mass is 9.95. The highest BCUT2D eigenvalue weighted by Crippen LogP contribution is 2.29. The summed E-state index contributed by atoms with van der Waals surface area (Å²) in [6.07, 6.45) is 0.547. The van der Waals surface area contributed by atoms with E-state index in [1.165, 1.54) is 7.11 Å². The predicted molar refractivity (Wildman–Crippen MR) is 71.6 cm³/mol. The van der Waals surface area contributed by atoms with Crippen molar-refractivity contribution in [1.82, 2.24) is 4.90 Å². The van der Waals surface area contributed by atoms with Crippen LogP contribution in [-0.2, 0) is 4.79 Å². The molecule has 1 aromatic rings. The average Bonchev–Trinajstić information content (AvgIpc) is 2.28. The molecule has 0 radical (unpaired) electrons. The van der Waals surface area contributed by atoms with Crippen LogP contribution in [0.4, 0.5) is 0 Å². The van der Waals surface area contributed by atoms with E-state index in [1.54, 1.807) is 18.2 Å². The van der Waals surface area contributed by atoms with E-state index in [-0.39, 0.29) is 0 Å². The van der Waals surface area contributed by atoms with E-state index < -0.39 is 11.9 Å². The van der Waals surface area contributed by atoms with Crippen molar-refractivity contribution in [2.45, 2.75) is 12.3 Å². The van der Waals surface area contributed by atoms with Gasteiger partial charge in [-0.15, -0.1) is 0 Å². The van der Waals surface area contributed by atoms with Crippen LogP contribution in [0.25, 0.3) is 0 Å². The maximum atomic E-state index is 11.3. The molecule has 1 N–H and O–H groups in total. The number of carboxylic acid groups (broad SMARTS) is 1. The average molecular weight is 272 g/mol. The van der Waals surface area contributed by atoms with Gasteiger partial charge in [-0.25, -0.2) is 0 Å². The first-order valence-electron chi connectivity index (χ1n) is 5.66. The molecule has 0 saturated heterocycles. The highest BCUT2D eigenvalue weighted by Gasteiger charge is 2.20. The fourth-order valence-corrected chi connectivity index (χ4v) is 1.99. The van der Waals surface area contributed by atoms with Crippen LogP contribution in [0.3, 0.4) is 0 Å². The second-order valence-electron chi connectivity index (χ2n) is 4.38. The van der Waals surface area contributed by atoms with Gasteiger partial charge in [-0.2, -0.15) is 0 Å². The van der Waals surface area contributed by atoms with Crippen LogP contribution < -0.4 is 4.74 Å². The third-order valence-electron chi connectivity index (χ3n) is 2.74. The number of carboxylic acids is 1. The van der Waals surface area contributed by atoms with Crippen LogP contribution in [-0.4, -0.2) is 43.7 Å². The number of hydrogen-bond donors (Lipinski definition) is 1. The van der Waals surface area contributed by atoms with Gasteiger partial charge in [0.15, 0.2) is 0 Å². The Balaban J connectivity index is 2.92.